The van der Waals surface area contributed by atoms with Crippen LogP contribution in [0.3, 0.4) is 0 Å². The van der Waals surface area contributed by atoms with E-state index in [1.54, 1.807) is 50.6 Å². The van der Waals surface area contributed by atoms with Gasteiger partial charge in [-0.15, -0.1) is 0 Å². The van der Waals surface area contributed by atoms with Crippen LogP contribution in [0.1, 0.15) is 29.2 Å². The molecule has 1 amide bonds. The molecule has 1 fully saturated rings. The highest BCUT2D eigenvalue weighted by Crippen LogP contribution is 2.41. The number of aliphatic hydroxyl groups excluding tert-OH is 1. The summed E-state index contributed by atoms with van der Waals surface area (Å²) in [7, 11) is 3.12. The van der Waals surface area contributed by atoms with Crippen LogP contribution in [0.25, 0.3) is 5.76 Å². The van der Waals surface area contributed by atoms with E-state index in [2.05, 4.69) is 0 Å². The van der Waals surface area contributed by atoms with Gasteiger partial charge in [-0.25, -0.2) is 0 Å². The molecule has 1 heterocycles. The minimum Gasteiger partial charge on any atom is -0.507 e. The number of methoxy groups -OCH3 is 2. The van der Waals surface area contributed by atoms with E-state index in [1.165, 1.54) is 4.90 Å². The van der Waals surface area contributed by atoms with Crippen LogP contribution in [0.15, 0.2) is 42.0 Å². The number of Topliss-reactive ketones (excluding diaryl/α,β-unsaturated/α-hetero) is 1. The normalized spacial score (nSPS) is 18.0. The van der Waals surface area contributed by atoms with Gasteiger partial charge in [-0.3, -0.25) is 9.59 Å². The molecule has 0 saturated carbocycles. The van der Waals surface area contributed by atoms with Gasteiger partial charge in [-0.1, -0.05) is 29.3 Å². The summed E-state index contributed by atoms with van der Waals surface area (Å²) < 4.78 is 10.3. The van der Waals surface area contributed by atoms with E-state index in [4.69, 9.17) is 32.7 Å². The number of nitrogens with zero attached hydrogens (tertiary/aromatic N) is 1. The van der Waals surface area contributed by atoms with Gasteiger partial charge in [-0.05, 0) is 54.8 Å². The van der Waals surface area contributed by atoms with E-state index < -0.39 is 17.7 Å². The zero-order valence-corrected chi connectivity index (χ0v) is 19.0. The summed E-state index contributed by atoms with van der Waals surface area (Å²) in [5.41, 5.74) is 1.79. The third-order valence-electron chi connectivity index (χ3n) is 5.22. The van der Waals surface area contributed by atoms with Crippen LogP contribution in [0.4, 0.5) is 0 Å². The summed E-state index contributed by atoms with van der Waals surface area (Å²) in [5.74, 6) is -1.04. The lowest BCUT2D eigenvalue weighted by Gasteiger charge is -2.25. The summed E-state index contributed by atoms with van der Waals surface area (Å²) in [6.07, 6.45) is 0.531. The van der Waals surface area contributed by atoms with Gasteiger partial charge in [0.15, 0.2) is 0 Å². The number of halogens is 2. The van der Waals surface area contributed by atoms with Crippen molar-refractivity contribution in [2.75, 3.05) is 27.4 Å². The van der Waals surface area contributed by atoms with E-state index in [0.717, 1.165) is 5.56 Å². The lowest BCUT2D eigenvalue weighted by Crippen LogP contribution is -2.31. The molecule has 6 nitrogen and oxygen atoms in total. The summed E-state index contributed by atoms with van der Waals surface area (Å²) in [5, 5.41) is 11.7. The number of aryl methyl sites for hydroxylation is 1. The minimum atomic E-state index is -0.797. The maximum atomic E-state index is 13.0. The molecule has 0 spiro atoms. The average molecular weight is 464 g/mol. The number of carbonyl (C=O) groups excluding carboxylic acids is 2. The molecule has 31 heavy (non-hydrogen) atoms. The van der Waals surface area contributed by atoms with Crippen molar-refractivity contribution in [1.82, 2.24) is 4.90 Å². The molecule has 1 aliphatic heterocycles. The number of ketones is 1. The van der Waals surface area contributed by atoms with Gasteiger partial charge in [0.05, 0.1) is 28.8 Å². The number of carbonyl (C=O) groups is 2. The zero-order chi connectivity index (χ0) is 22.7. The summed E-state index contributed by atoms with van der Waals surface area (Å²) in [4.78, 5) is 27.3. The Bertz CT molecular complexity index is 1050. The largest absolute Gasteiger partial charge is 0.507 e. The maximum absolute atomic E-state index is 13.0. The van der Waals surface area contributed by atoms with Crippen molar-refractivity contribution in [2.24, 2.45) is 0 Å². The molecule has 0 radical (unpaired) electrons. The minimum absolute atomic E-state index is 0.00497. The Labute approximate surface area is 191 Å². The van der Waals surface area contributed by atoms with Crippen molar-refractivity contribution >= 4 is 40.7 Å². The summed E-state index contributed by atoms with van der Waals surface area (Å²) in [6.45, 7) is 2.53. The zero-order valence-electron chi connectivity index (χ0n) is 17.4. The third kappa shape index (κ3) is 4.56. The first-order chi connectivity index (χ1) is 14.8. The number of hydrogen-bond acceptors (Lipinski definition) is 5. The number of aliphatic hydroxyl groups is 1. The van der Waals surface area contributed by atoms with E-state index in [1.807, 2.05) is 6.92 Å². The Morgan fingerprint density at radius 2 is 1.84 bits per heavy atom. The van der Waals surface area contributed by atoms with Crippen molar-refractivity contribution in [3.05, 3.63) is 68.7 Å². The quantitative estimate of drug-likeness (QED) is 0.277. The number of hydrogen-bond donors (Lipinski definition) is 1. The molecule has 2 aromatic rings. The van der Waals surface area contributed by atoms with Crippen molar-refractivity contribution in [2.45, 2.75) is 19.4 Å². The highest BCUT2D eigenvalue weighted by Gasteiger charge is 2.45. The molecule has 8 heteroatoms. The van der Waals surface area contributed by atoms with E-state index >= 15 is 0 Å². The van der Waals surface area contributed by atoms with Gasteiger partial charge < -0.3 is 19.5 Å². The Balaban J connectivity index is 2.15. The number of rotatable bonds is 7. The third-order valence-corrected chi connectivity index (χ3v) is 5.95. The maximum Gasteiger partial charge on any atom is 0.295 e. The highest BCUT2D eigenvalue weighted by atomic mass is 35.5. The van der Waals surface area contributed by atoms with Crippen LogP contribution in [0.5, 0.6) is 5.75 Å². The van der Waals surface area contributed by atoms with Crippen LogP contribution < -0.4 is 4.74 Å². The second-order valence-electron chi connectivity index (χ2n) is 7.20. The van der Waals surface area contributed by atoms with Gasteiger partial charge in [0, 0.05) is 25.8 Å². The van der Waals surface area contributed by atoms with Crippen LogP contribution in [0.2, 0.25) is 10.0 Å². The second-order valence-corrected chi connectivity index (χ2v) is 8.01. The van der Waals surface area contributed by atoms with Gasteiger partial charge in [0.2, 0.25) is 0 Å². The molecule has 1 aliphatic rings. The first-order valence-corrected chi connectivity index (χ1v) is 10.4. The number of likely N-dealkylation sites (tertiary alicyclic amines) is 1. The van der Waals surface area contributed by atoms with E-state index in [0.29, 0.717) is 39.9 Å². The summed E-state index contributed by atoms with van der Waals surface area (Å²) >= 11 is 12.3. The van der Waals surface area contributed by atoms with Crippen molar-refractivity contribution < 1.29 is 24.2 Å². The molecular formula is C23H23Cl2NO5. The van der Waals surface area contributed by atoms with Gasteiger partial charge in [-0.2, -0.15) is 0 Å². The number of ether oxygens (including phenoxy) is 2. The monoisotopic (exact) mass is 463 g/mol. The van der Waals surface area contributed by atoms with Crippen molar-refractivity contribution in [3.8, 4) is 5.75 Å². The predicted molar refractivity (Wildman–Crippen MR) is 120 cm³/mol. The standard InChI is InChI=1S/C23H23Cl2NO5/c1-13-11-15(6-8-18(13)31-3)21(27)19-20(14-5-7-16(24)17(25)12-14)26(9-4-10-30-2)23(29)22(19)28/h5-8,11-12,20,27H,4,9-10H2,1-3H3/b21-19+/t20-/m1/s1. The van der Waals surface area contributed by atoms with Gasteiger partial charge in [0.25, 0.3) is 11.7 Å². The smallest absolute Gasteiger partial charge is 0.295 e. The van der Waals surface area contributed by atoms with Crippen LogP contribution in [-0.2, 0) is 14.3 Å². The van der Waals surface area contributed by atoms with E-state index in [9.17, 15) is 14.7 Å². The van der Waals surface area contributed by atoms with Gasteiger partial charge in [0.1, 0.15) is 11.5 Å². The van der Waals surface area contributed by atoms with Crippen molar-refractivity contribution in [3.63, 3.8) is 0 Å². The topological polar surface area (TPSA) is 76.1 Å². The van der Waals surface area contributed by atoms with Crippen LogP contribution >= 0.6 is 23.2 Å². The molecule has 0 aromatic heterocycles. The molecular weight excluding hydrogens is 441 g/mol. The average Bonchev–Trinajstić information content (AvgIpc) is 3.00. The Kier molecular flexibility index (Phi) is 7.26. The first kappa shape index (κ1) is 23.1. The molecule has 1 saturated heterocycles. The second kappa shape index (κ2) is 9.73. The lowest BCUT2D eigenvalue weighted by molar-refractivity contribution is -0.140. The van der Waals surface area contributed by atoms with Crippen LogP contribution in [0, 0.1) is 6.92 Å². The Morgan fingerprint density at radius 3 is 2.45 bits per heavy atom. The highest BCUT2D eigenvalue weighted by molar-refractivity contribution is 6.46. The van der Waals surface area contributed by atoms with Crippen LogP contribution in [-0.4, -0.2) is 49.1 Å². The summed E-state index contributed by atoms with van der Waals surface area (Å²) in [6, 6.07) is 9.16. The molecule has 0 aliphatic carbocycles. The fourth-order valence-electron chi connectivity index (χ4n) is 3.70. The van der Waals surface area contributed by atoms with Gasteiger partial charge >= 0.3 is 0 Å². The first-order valence-electron chi connectivity index (χ1n) is 9.67. The van der Waals surface area contributed by atoms with Crippen molar-refractivity contribution in [1.29, 1.82) is 0 Å². The van der Waals surface area contributed by atoms with E-state index in [-0.39, 0.29) is 17.9 Å². The SMILES string of the molecule is COCCCN1C(=O)C(=O)/C(=C(/O)c2ccc(OC)c(C)c2)[C@H]1c1ccc(Cl)c(Cl)c1. The molecule has 0 bridgehead atoms. The fraction of sp³-hybridized carbons (Fsp3) is 0.304. The fourth-order valence-corrected chi connectivity index (χ4v) is 4.01. The molecule has 1 N–H and O–H groups in total. The Hall–Kier alpha value is -2.54. The molecule has 3 rings (SSSR count). The number of amides is 1. The number of benzene rings is 2. The Morgan fingerprint density at radius 1 is 1.10 bits per heavy atom. The lowest BCUT2D eigenvalue weighted by atomic mass is 9.94. The molecule has 164 valence electrons. The predicted octanol–water partition coefficient (Wildman–Crippen LogP) is 4.77. The molecule has 0 unspecified atom stereocenters. The molecule has 1 atom stereocenters. The molecule has 2 aromatic carbocycles.